The van der Waals surface area contributed by atoms with E-state index in [9.17, 15) is 9.90 Å². The van der Waals surface area contributed by atoms with Gasteiger partial charge in [0.2, 0.25) is 0 Å². The maximum absolute atomic E-state index is 11.6. The van der Waals surface area contributed by atoms with Gasteiger partial charge in [-0.15, -0.1) is 0 Å². The Labute approximate surface area is 136 Å². The molecule has 0 spiro atoms. The van der Waals surface area contributed by atoms with Crippen LogP contribution >= 0.6 is 0 Å². The highest BCUT2D eigenvalue weighted by Gasteiger charge is 2.61. The topological polar surface area (TPSA) is 37.3 Å². The second kappa shape index (κ2) is 4.59. The van der Waals surface area contributed by atoms with Crippen molar-refractivity contribution in [1.29, 1.82) is 0 Å². The molecule has 4 bridgehead atoms. The predicted octanol–water partition coefficient (Wildman–Crippen LogP) is 4.60. The van der Waals surface area contributed by atoms with Crippen molar-refractivity contribution in [3.05, 3.63) is 0 Å². The van der Waals surface area contributed by atoms with E-state index in [0.29, 0.717) is 17.1 Å². The molecule has 2 unspecified atom stereocenters. The van der Waals surface area contributed by atoms with Crippen molar-refractivity contribution >= 4 is 5.78 Å². The monoisotopic (exact) mass is 306 g/mol. The van der Waals surface area contributed by atoms with Gasteiger partial charge in [0.15, 0.2) is 0 Å². The van der Waals surface area contributed by atoms with E-state index in [0.717, 1.165) is 25.2 Å². The fraction of sp³-hybridized carbons (Fsp3) is 0.950. The van der Waals surface area contributed by atoms with Crippen LogP contribution in [0.1, 0.15) is 80.1 Å². The highest BCUT2D eigenvalue weighted by atomic mass is 16.3. The number of carbonyl (C=O) groups is 1. The molecule has 22 heavy (non-hydrogen) atoms. The van der Waals surface area contributed by atoms with E-state index >= 15 is 0 Å². The summed E-state index contributed by atoms with van der Waals surface area (Å²) in [5.41, 5.74) is 0.909. The van der Waals surface area contributed by atoms with Gasteiger partial charge >= 0.3 is 0 Å². The molecule has 2 heteroatoms. The molecular formula is C20H34O2. The van der Waals surface area contributed by atoms with Gasteiger partial charge in [0.1, 0.15) is 5.78 Å². The lowest BCUT2D eigenvalue weighted by molar-refractivity contribution is -0.128. The van der Waals surface area contributed by atoms with Crippen LogP contribution in [-0.2, 0) is 4.79 Å². The van der Waals surface area contributed by atoms with Crippen LogP contribution in [0.15, 0.2) is 0 Å². The summed E-state index contributed by atoms with van der Waals surface area (Å²) in [4.78, 5) is 11.6. The highest BCUT2D eigenvalue weighted by molar-refractivity contribution is 5.89. The first-order chi connectivity index (χ1) is 9.97. The summed E-state index contributed by atoms with van der Waals surface area (Å²) in [6, 6.07) is 0. The molecule has 4 aliphatic rings. The summed E-state index contributed by atoms with van der Waals surface area (Å²) in [6.07, 6.45) is 6.83. The van der Waals surface area contributed by atoms with Crippen LogP contribution in [0.4, 0.5) is 0 Å². The van der Waals surface area contributed by atoms with Crippen LogP contribution in [0.2, 0.25) is 0 Å². The normalized spacial score (nSPS) is 50.1. The zero-order chi connectivity index (χ0) is 16.6. The van der Waals surface area contributed by atoms with E-state index in [-0.39, 0.29) is 22.3 Å². The second-order valence-electron chi connectivity index (χ2n) is 10.0. The molecule has 0 aromatic carbocycles. The molecule has 0 aromatic rings. The SMILES string of the molecule is CC1(C)[C@@H]2CC[C@@]1(C)[C@H](O)C2.CC12CCC(CC1=O)C2(C)C. The summed E-state index contributed by atoms with van der Waals surface area (Å²) in [5, 5.41) is 9.81. The minimum atomic E-state index is -0.0313. The van der Waals surface area contributed by atoms with Crippen LogP contribution in [-0.4, -0.2) is 17.0 Å². The van der Waals surface area contributed by atoms with Gasteiger partial charge in [-0.2, -0.15) is 0 Å². The molecule has 0 aromatic heterocycles. The molecule has 2 nitrogen and oxygen atoms in total. The average molecular weight is 306 g/mol. The van der Waals surface area contributed by atoms with Crippen molar-refractivity contribution in [2.75, 3.05) is 0 Å². The van der Waals surface area contributed by atoms with Crippen LogP contribution in [0.5, 0.6) is 0 Å². The van der Waals surface area contributed by atoms with Crippen molar-refractivity contribution in [2.45, 2.75) is 86.2 Å². The number of hydrogen-bond acceptors (Lipinski definition) is 2. The number of rotatable bonds is 0. The van der Waals surface area contributed by atoms with E-state index in [1.54, 1.807) is 0 Å². The molecule has 0 amide bonds. The summed E-state index contributed by atoms with van der Waals surface area (Å²) in [5.74, 6) is 1.97. The Kier molecular flexibility index (Phi) is 3.44. The van der Waals surface area contributed by atoms with E-state index in [4.69, 9.17) is 0 Å². The van der Waals surface area contributed by atoms with Crippen LogP contribution in [0.25, 0.3) is 0 Å². The van der Waals surface area contributed by atoms with Crippen molar-refractivity contribution in [1.82, 2.24) is 0 Å². The maximum Gasteiger partial charge on any atom is 0.139 e. The number of carbonyl (C=O) groups excluding carboxylic acids is 1. The second-order valence-corrected chi connectivity index (χ2v) is 10.0. The molecule has 0 aliphatic heterocycles. The first kappa shape index (κ1) is 16.5. The third-order valence-electron chi connectivity index (χ3n) is 9.23. The third kappa shape index (κ3) is 1.79. The fourth-order valence-electron chi connectivity index (χ4n) is 6.06. The Balaban J connectivity index is 0.000000131. The molecule has 1 N–H and O–H groups in total. The summed E-state index contributed by atoms with van der Waals surface area (Å²) < 4.78 is 0. The third-order valence-corrected chi connectivity index (χ3v) is 9.23. The molecule has 4 rings (SSSR count). The molecule has 5 atom stereocenters. The van der Waals surface area contributed by atoms with E-state index < -0.39 is 0 Å². The maximum atomic E-state index is 11.6. The molecule has 4 saturated carbocycles. The molecule has 0 radical (unpaired) electrons. The zero-order valence-corrected chi connectivity index (χ0v) is 15.3. The molecule has 0 saturated heterocycles. The smallest absolute Gasteiger partial charge is 0.139 e. The van der Waals surface area contributed by atoms with Gasteiger partial charge in [-0.1, -0.05) is 41.5 Å². The standard InChI is InChI=1S/C10H18O.C10H16O/c2*1-9(2)7-4-5-10(9,3)8(11)6-7/h7-8,11H,4-6H2,1-3H3;7H,4-6H2,1-3H3/t7-,8-,10+;/m1./s1. The molecule has 126 valence electrons. The number of hydrogen-bond donors (Lipinski definition) is 1. The Bertz CT molecular complexity index is 492. The number of aliphatic hydroxyl groups is 1. The Morgan fingerprint density at radius 1 is 0.909 bits per heavy atom. The van der Waals surface area contributed by atoms with Crippen molar-refractivity contribution < 1.29 is 9.90 Å². The summed E-state index contributed by atoms with van der Waals surface area (Å²) >= 11 is 0. The molecular weight excluding hydrogens is 272 g/mol. The lowest BCUT2D eigenvalue weighted by Crippen LogP contribution is -2.35. The predicted molar refractivity (Wildman–Crippen MR) is 89.5 cm³/mol. The largest absolute Gasteiger partial charge is 0.393 e. The fourth-order valence-corrected chi connectivity index (χ4v) is 6.06. The van der Waals surface area contributed by atoms with Gasteiger partial charge in [0.25, 0.3) is 0 Å². The van der Waals surface area contributed by atoms with Gasteiger partial charge in [0.05, 0.1) is 6.10 Å². The first-order valence-electron chi connectivity index (χ1n) is 9.18. The van der Waals surface area contributed by atoms with Crippen molar-refractivity contribution in [3.8, 4) is 0 Å². The first-order valence-corrected chi connectivity index (χ1v) is 9.18. The Morgan fingerprint density at radius 2 is 1.50 bits per heavy atom. The van der Waals surface area contributed by atoms with Crippen molar-refractivity contribution in [3.63, 3.8) is 0 Å². The van der Waals surface area contributed by atoms with E-state index in [1.165, 1.54) is 19.3 Å². The van der Waals surface area contributed by atoms with Gasteiger partial charge in [-0.25, -0.2) is 0 Å². The van der Waals surface area contributed by atoms with E-state index in [1.807, 2.05) is 0 Å². The number of Topliss-reactive ketones (excluding diaryl/α,β-unsaturated/α-hetero) is 1. The van der Waals surface area contributed by atoms with Gasteiger partial charge in [0, 0.05) is 11.8 Å². The Morgan fingerprint density at radius 3 is 1.68 bits per heavy atom. The lowest BCUT2D eigenvalue weighted by Gasteiger charge is -2.36. The van der Waals surface area contributed by atoms with Crippen molar-refractivity contribution in [2.24, 2.45) is 33.5 Å². The zero-order valence-electron chi connectivity index (χ0n) is 15.3. The van der Waals surface area contributed by atoms with E-state index in [2.05, 4.69) is 41.5 Å². The lowest BCUT2D eigenvalue weighted by atomic mass is 9.70. The molecule has 0 heterocycles. The highest BCUT2D eigenvalue weighted by Crippen LogP contribution is 2.65. The van der Waals surface area contributed by atoms with Gasteiger partial charge in [-0.05, 0) is 60.2 Å². The van der Waals surface area contributed by atoms with Gasteiger partial charge in [-0.3, -0.25) is 4.79 Å². The number of ketones is 1. The number of aliphatic hydroxyl groups excluding tert-OH is 1. The molecule has 4 fully saturated rings. The Hall–Kier alpha value is -0.370. The van der Waals surface area contributed by atoms with Crippen LogP contribution < -0.4 is 0 Å². The minimum Gasteiger partial charge on any atom is -0.393 e. The van der Waals surface area contributed by atoms with Crippen LogP contribution in [0, 0.1) is 33.5 Å². The molecule has 4 aliphatic carbocycles. The average Bonchev–Trinajstić information content (AvgIpc) is 2.91. The quantitative estimate of drug-likeness (QED) is 0.710. The van der Waals surface area contributed by atoms with Crippen LogP contribution in [0.3, 0.4) is 0 Å². The number of fused-ring (bicyclic) bond motifs is 4. The summed E-state index contributed by atoms with van der Waals surface area (Å²) in [7, 11) is 0. The summed E-state index contributed by atoms with van der Waals surface area (Å²) in [6.45, 7) is 13.6. The minimum absolute atomic E-state index is 0.0255. The van der Waals surface area contributed by atoms with Gasteiger partial charge < -0.3 is 5.11 Å².